The Bertz CT molecular complexity index is 1190. The van der Waals surface area contributed by atoms with Gasteiger partial charge in [-0.25, -0.2) is 4.98 Å². The number of rotatable bonds is 8. The van der Waals surface area contributed by atoms with Gasteiger partial charge in [0, 0.05) is 11.7 Å². The van der Waals surface area contributed by atoms with Gasteiger partial charge in [-0.3, -0.25) is 0 Å². The third-order valence-electron chi connectivity index (χ3n) is 8.91. The van der Waals surface area contributed by atoms with Gasteiger partial charge < -0.3 is 18.8 Å². The van der Waals surface area contributed by atoms with E-state index in [9.17, 15) is 5.11 Å². The average Bonchev–Trinajstić information content (AvgIpc) is 3.45. The van der Waals surface area contributed by atoms with Gasteiger partial charge in [-0.05, 0) is 73.3 Å². The maximum Gasteiger partial charge on any atom is 0.192 e. The van der Waals surface area contributed by atoms with E-state index in [2.05, 4.69) is 67.7 Å². The zero-order chi connectivity index (χ0) is 26.2. The molecule has 5 rings (SSSR count). The molecule has 2 aromatic carbocycles. The average molecular weight is 519 g/mol. The monoisotopic (exact) mass is 518 g/mol. The minimum Gasteiger partial charge on any atom is -0.488 e. The van der Waals surface area contributed by atoms with Crippen LogP contribution in [0.2, 0.25) is 18.1 Å². The first-order valence-corrected chi connectivity index (χ1v) is 16.7. The van der Waals surface area contributed by atoms with Crippen LogP contribution in [0.1, 0.15) is 70.0 Å². The molecule has 3 aromatic rings. The quantitative estimate of drug-likeness (QED) is 0.316. The summed E-state index contributed by atoms with van der Waals surface area (Å²) in [5.74, 6) is 1.19. The zero-order valence-corrected chi connectivity index (χ0v) is 24.0. The van der Waals surface area contributed by atoms with E-state index in [0.29, 0.717) is 25.0 Å². The molecule has 0 amide bonds. The van der Waals surface area contributed by atoms with Crippen molar-refractivity contribution in [2.24, 2.45) is 5.92 Å². The molecule has 37 heavy (non-hydrogen) atoms. The molecule has 2 atom stereocenters. The SMILES string of the molecule is CC(C)(C)[Si](C)(C)OC1CCC(C(O)CC2c3cccc(OCc4ccccc4)c3-c3cncn32)CC1. The fraction of sp³-hybridized carbons (Fsp3) is 0.516. The van der Waals surface area contributed by atoms with Crippen molar-refractivity contribution < 1.29 is 14.3 Å². The highest BCUT2D eigenvalue weighted by Crippen LogP contribution is 2.47. The molecule has 0 bridgehead atoms. The van der Waals surface area contributed by atoms with Crippen LogP contribution in [-0.4, -0.2) is 35.2 Å². The number of aliphatic hydroxyl groups excluding tert-OH is 1. The summed E-state index contributed by atoms with van der Waals surface area (Å²) in [6.45, 7) is 12.1. The minimum absolute atomic E-state index is 0.0731. The van der Waals surface area contributed by atoms with Crippen LogP contribution >= 0.6 is 0 Å². The number of hydrogen-bond acceptors (Lipinski definition) is 4. The van der Waals surface area contributed by atoms with Gasteiger partial charge in [0.15, 0.2) is 8.32 Å². The molecule has 1 N–H and O–H groups in total. The second kappa shape index (κ2) is 10.4. The Balaban J connectivity index is 1.26. The van der Waals surface area contributed by atoms with Gasteiger partial charge in [-0.1, -0.05) is 63.2 Å². The van der Waals surface area contributed by atoms with Crippen molar-refractivity contribution in [2.75, 3.05) is 0 Å². The van der Waals surface area contributed by atoms with Crippen molar-refractivity contribution in [3.8, 4) is 17.0 Å². The molecule has 198 valence electrons. The van der Waals surface area contributed by atoms with Gasteiger partial charge >= 0.3 is 0 Å². The summed E-state index contributed by atoms with van der Waals surface area (Å²) in [4.78, 5) is 4.45. The van der Waals surface area contributed by atoms with E-state index in [0.717, 1.165) is 48.3 Å². The van der Waals surface area contributed by atoms with Crippen molar-refractivity contribution in [3.05, 3.63) is 72.2 Å². The standard InChI is InChI=1S/C31H42N2O3Si/c1-31(2,3)37(4,5)36-24-16-14-23(15-17-24)28(34)18-26-25-12-9-13-29(30(25)27-19-32-21-33(26)27)35-20-22-10-7-6-8-11-22/h6-13,19,21,23-24,26,28,34H,14-18,20H2,1-5H3. The molecule has 0 spiro atoms. The van der Waals surface area contributed by atoms with E-state index < -0.39 is 8.32 Å². The summed E-state index contributed by atoms with van der Waals surface area (Å²) >= 11 is 0. The van der Waals surface area contributed by atoms with Gasteiger partial charge in [0.2, 0.25) is 0 Å². The van der Waals surface area contributed by atoms with E-state index in [-0.39, 0.29) is 17.2 Å². The first-order valence-electron chi connectivity index (χ1n) is 13.8. The minimum atomic E-state index is -1.76. The lowest BCUT2D eigenvalue weighted by molar-refractivity contribution is 0.0364. The van der Waals surface area contributed by atoms with Gasteiger partial charge in [0.05, 0.1) is 30.4 Å². The first kappa shape index (κ1) is 26.2. The predicted molar refractivity (Wildman–Crippen MR) is 151 cm³/mol. The smallest absolute Gasteiger partial charge is 0.192 e. The number of nitrogens with zero attached hydrogens (tertiary/aromatic N) is 2. The fourth-order valence-electron chi connectivity index (χ4n) is 5.70. The molecule has 6 heteroatoms. The number of benzene rings is 2. The van der Waals surface area contributed by atoms with Gasteiger partial charge in [-0.15, -0.1) is 0 Å². The van der Waals surface area contributed by atoms with E-state index in [1.54, 1.807) is 0 Å². The second-order valence-corrected chi connectivity index (χ2v) is 17.2. The molecule has 2 heterocycles. The lowest BCUT2D eigenvalue weighted by Gasteiger charge is -2.42. The summed E-state index contributed by atoms with van der Waals surface area (Å²) in [6.07, 6.45) is 8.63. The molecule has 1 aliphatic heterocycles. The maximum atomic E-state index is 11.4. The molecule has 5 nitrogen and oxygen atoms in total. The van der Waals surface area contributed by atoms with Gasteiger partial charge in [-0.2, -0.15) is 0 Å². The number of aliphatic hydroxyl groups is 1. The number of fused-ring (bicyclic) bond motifs is 3. The van der Waals surface area contributed by atoms with Crippen LogP contribution in [0.25, 0.3) is 11.3 Å². The van der Waals surface area contributed by atoms with Crippen LogP contribution in [0.5, 0.6) is 5.75 Å². The topological polar surface area (TPSA) is 56.5 Å². The van der Waals surface area contributed by atoms with Crippen LogP contribution in [0.15, 0.2) is 61.1 Å². The summed E-state index contributed by atoms with van der Waals surface area (Å²) in [6, 6.07) is 16.6. The van der Waals surface area contributed by atoms with Crippen LogP contribution in [-0.2, 0) is 11.0 Å². The van der Waals surface area contributed by atoms with Crippen molar-refractivity contribution in [3.63, 3.8) is 0 Å². The van der Waals surface area contributed by atoms with Crippen molar-refractivity contribution >= 4 is 8.32 Å². The molecular weight excluding hydrogens is 476 g/mol. The third kappa shape index (κ3) is 5.43. The lowest BCUT2D eigenvalue weighted by atomic mass is 9.81. The molecule has 0 saturated heterocycles. The summed E-state index contributed by atoms with van der Waals surface area (Å²) < 4.78 is 15.2. The summed E-state index contributed by atoms with van der Waals surface area (Å²) in [5.41, 5.74) is 4.55. The van der Waals surface area contributed by atoms with Gasteiger partial charge in [0.25, 0.3) is 0 Å². The number of imidazole rings is 1. The highest BCUT2D eigenvalue weighted by molar-refractivity contribution is 6.74. The number of ether oxygens (including phenoxy) is 1. The molecular formula is C31H42N2O3Si. The zero-order valence-electron chi connectivity index (χ0n) is 23.0. The van der Waals surface area contributed by atoms with Crippen LogP contribution in [0.3, 0.4) is 0 Å². The Hall–Kier alpha value is -2.41. The predicted octanol–water partition coefficient (Wildman–Crippen LogP) is 7.36. The highest BCUT2D eigenvalue weighted by Gasteiger charge is 2.41. The fourth-order valence-corrected chi connectivity index (χ4v) is 7.12. The summed E-state index contributed by atoms with van der Waals surface area (Å²) in [7, 11) is -1.76. The Morgan fingerprint density at radius 2 is 1.76 bits per heavy atom. The first-order chi connectivity index (χ1) is 17.6. The van der Waals surface area contributed by atoms with Crippen molar-refractivity contribution in [1.82, 2.24) is 9.55 Å². The van der Waals surface area contributed by atoms with Crippen LogP contribution < -0.4 is 4.74 Å². The largest absolute Gasteiger partial charge is 0.488 e. The van der Waals surface area contributed by atoms with E-state index >= 15 is 0 Å². The van der Waals surface area contributed by atoms with E-state index in [1.807, 2.05) is 36.8 Å². The van der Waals surface area contributed by atoms with Gasteiger partial charge in [0.1, 0.15) is 12.4 Å². The molecule has 1 aliphatic carbocycles. The molecule has 1 fully saturated rings. The second-order valence-electron chi connectivity index (χ2n) is 12.4. The number of aromatic nitrogens is 2. The normalized spacial score (nSPS) is 22.4. The molecule has 2 unspecified atom stereocenters. The highest BCUT2D eigenvalue weighted by atomic mass is 28.4. The van der Waals surface area contributed by atoms with Crippen molar-refractivity contribution in [2.45, 2.75) is 95.9 Å². The van der Waals surface area contributed by atoms with E-state index in [1.165, 1.54) is 5.56 Å². The Kier molecular flexibility index (Phi) is 7.36. The third-order valence-corrected chi connectivity index (χ3v) is 13.4. The lowest BCUT2D eigenvalue weighted by Crippen LogP contribution is -2.45. The maximum absolute atomic E-state index is 11.4. The van der Waals surface area contributed by atoms with Crippen LogP contribution in [0.4, 0.5) is 0 Å². The Morgan fingerprint density at radius 3 is 2.46 bits per heavy atom. The Labute approximate surface area is 223 Å². The molecule has 0 radical (unpaired) electrons. The number of hydrogen-bond donors (Lipinski definition) is 1. The molecule has 2 aliphatic rings. The molecule has 1 saturated carbocycles. The Morgan fingerprint density at radius 1 is 1.03 bits per heavy atom. The van der Waals surface area contributed by atoms with E-state index in [4.69, 9.17) is 9.16 Å². The summed E-state index contributed by atoms with van der Waals surface area (Å²) in [5, 5.41) is 11.6. The van der Waals surface area contributed by atoms with Crippen molar-refractivity contribution in [1.29, 1.82) is 0 Å². The van der Waals surface area contributed by atoms with Crippen LogP contribution in [0, 0.1) is 5.92 Å². The molecule has 1 aromatic heterocycles.